The first-order valence-corrected chi connectivity index (χ1v) is 7.90. The number of nitrogens with one attached hydrogen (secondary N) is 3. The van der Waals surface area contributed by atoms with Crippen molar-refractivity contribution in [2.45, 2.75) is 32.0 Å². The normalized spacial score (nSPS) is 14.5. The zero-order valence-electron chi connectivity index (χ0n) is 13.8. The summed E-state index contributed by atoms with van der Waals surface area (Å²) in [6.07, 6.45) is -2.13. The minimum atomic E-state index is -4.40. The second kappa shape index (κ2) is 9.83. The molecule has 5 nitrogen and oxygen atoms in total. The molecule has 0 heterocycles. The van der Waals surface area contributed by atoms with Crippen molar-refractivity contribution in [1.82, 2.24) is 16.0 Å². The van der Waals surface area contributed by atoms with Crippen LogP contribution in [-0.2, 0) is 6.18 Å². The van der Waals surface area contributed by atoms with Gasteiger partial charge in [0.05, 0.1) is 12.1 Å². The van der Waals surface area contributed by atoms with Crippen LogP contribution in [0.3, 0.4) is 0 Å². The van der Waals surface area contributed by atoms with Crippen LogP contribution in [0.1, 0.15) is 35.7 Å². The number of alkyl halides is 3. The molecule has 0 saturated heterocycles. The van der Waals surface area contributed by atoms with Crippen molar-refractivity contribution < 1.29 is 18.0 Å². The van der Waals surface area contributed by atoms with Crippen molar-refractivity contribution in [3.63, 3.8) is 0 Å². The maximum atomic E-state index is 12.5. The Labute approximate surface area is 161 Å². The van der Waals surface area contributed by atoms with E-state index >= 15 is 0 Å². The van der Waals surface area contributed by atoms with E-state index in [1.807, 2.05) is 6.92 Å². The highest BCUT2D eigenvalue weighted by molar-refractivity contribution is 14.0. The van der Waals surface area contributed by atoms with Crippen molar-refractivity contribution in [3.8, 4) is 0 Å². The summed E-state index contributed by atoms with van der Waals surface area (Å²) in [4.78, 5) is 16.2. The quantitative estimate of drug-likeness (QED) is 0.260. The zero-order chi connectivity index (χ0) is 17.6. The van der Waals surface area contributed by atoms with Gasteiger partial charge in [-0.05, 0) is 44.0 Å². The number of rotatable bonds is 6. The number of hydrogen-bond acceptors (Lipinski definition) is 2. The molecule has 1 fully saturated rings. The first kappa shape index (κ1) is 21.5. The Hall–Kier alpha value is -1.52. The number of benzene rings is 1. The molecule has 0 aliphatic heterocycles. The molecule has 0 aromatic heterocycles. The predicted octanol–water partition coefficient (Wildman–Crippen LogP) is 2.77. The van der Waals surface area contributed by atoms with Gasteiger partial charge in [0.2, 0.25) is 0 Å². The molecule has 0 bridgehead atoms. The van der Waals surface area contributed by atoms with Gasteiger partial charge in [-0.25, -0.2) is 0 Å². The molecule has 1 aromatic rings. The average Bonchev–Trinajstić information content (AvgIpc) is 3.34. The van der Waals surface area contributed by atoms with Gasteiger partial charge in [0.15, 0.2) is 5.96 Å². The van der Waals surface area contributed by atoms with Gasteiger partial charge in [0, 0.05) is 24.7 Å². The summed E-state index contributed by atoms with van der Waals surface area (Å²) in [5.41, 5.74) is -0.583. The van der Waals surface area contributed by atoms with Crippen LogP contribution >= 0.6 is 24.0 Å². The fourth-order valence-electron chi connectivity index (χ4n) is 1.99. The lowest BCUT2D eigenvalue weighted by Crippen LogP contribution is -2.39. The van der Waals surface area contributed by atoms with E-state index in [0.29, 0.717) is 25.1 Å². The van der Waals surface area contributed by atoms with E-state index in [0.717, 1.165) is 31.5 Å². The largest absolute Gasteiger partial charge is 0.416 e. The highest BCUT2D eigenvalue weighted by Gasteiger charge is 2.30. The average molecular weight is 470 g/mol. The van der Waals surface area contributed by atoms with Gasteiger partial charge in [-0.3, -0.25) is 9.79 Å². The Morgan fingerprint density at radius 2 is 1.84 bits per heavy atom. The van der Waals surface area contributed by atoms with Crippen LogP contribution in [0.2, 0.25) is 0 Å². The Balaban J connectivity index is 0.00000312. The molecule has 1 amide bonds. The minimum absolute atomic E-state index is 0. The van der Waals surface area contributed by atoms with Crippen LogP contribution in [0.15, 0.2) is 29.3 Å². The number of carbonyl (C=O) groups is 1. The SMILES string of the molecule is CCNC(=NCCNC(=O)c1ccc(C(F)(F)F)cc1)NC1CC1.I. The maximum absolute atomic E-state index is 12.5. The van der Waals surface area contributed by atoms with E-state index in [1.165, 1.54) is 12.1 Å². The lowest BCUT2D eigenvalue weighted by Gasteiger charge is -2.10. The Bertz CT molecular complexity index is 586. The molecular formula is C16H22F3IN4O. The first-order valence-electron chi connectivity index (χ1n) is 7.90. The molecule has 1 aromatic carbocycles. The molecule has 0 radical (unpaired) electrons. The van der Waals surface area contributed by atoms with Crippen LogP contribution in [0.25, 0.3) is 0 Å². The van der Waals surface area contributed by atoms with Crippen molar-refractivity contribution in [1.29, 1.82) is 0 Å². The number of amides is 1. The molecule has 1 saturated carbocycles. The van der Waals surface area contributed by atoms with E-state index in [2.05, 4.69) is 20.9 Å². The molecule has 1 aliphatic rings. The standard InChI is InChI=1S/C16H21F3N4O.HI/c1-2-20-15(23-13-7-8-13)22-10-9-21-14(24)11-3-5-12(6-4-11)16(17,18)19;/h3-6,13H,2,7-10H2,1H3,(H,21,24)(H2,20,22,23);1H. The van der Waals surface area contributed by atoms with Gasteiger partial charge in [-0.15, -0.1) is 24.0 Å². The molecular weight excluding hydrogens is 448 g/mol. The molecule has 140 valence electrons. The summed E-state index contributed by atoms with van der Waals surface area (Å²) >= 11 is 0. The third-order valence-corrected chi connectivity index (χ3v) is 3.40. The number of carbonyl (C=O) groups excluding carboxylic acids is 1. The summed E-state index contributed by atoms with van der Waals surface area (Å²) in [7, 11) is 0. The Morgan fingerprint density at radius 1 is 1.20 bits per heavy atom. The topological polar surface area (TPSA) is 65.5 Å². The lowest BCUT2D eigenvalue weighted by molar-refractivity contribution is -0.137. The van der Waals surface area contributed by atoms with E-state index in [-0.39, 0.29) is 29.5 Å². The monoisotopic (exact) mass is 470 g/mol. The Morgan fingerprint density at radius 3 is 2.36 bits per heavy atom. The molecule has 0 unspecified atom stereocenters. The van der Waals surface area contributed by atoms with Crippen LogP contribution in [0.4, 0.5) is 13.2 Å². The minimum Gasteiger partial charge on any atom is -0.357 e. The molecule has 3 N–H and O–H groups in total. The van der Waals surface area contributed by atoms with Crippen molar-refractivity contribution in [3.05, 3.63) is 35.4 Å². The van der Waals surface area contributed by atoms with Crippen LogP contribution in [-0.4, -0.2) is 37.5 Å². The Kier molecular flexibility index (Phi) is 8.46. The van der Waals surface area contributed by atoms with E-state index < -0.39 is 17.6 Å². The number of halogens is 4. The molecule has 25 heavy (non-hydrogen) atoms. The molecule has 0 atom stereocenters. The van der Waals surface area contributed by atoms with E-state index in [4.69, 9.17) is 0 Å². The fraction of sp³-hybridized carbons (Fsp3) is 0.500. The first-order chi connectivity index (χ1) is 11.4. The van der Waals surface area contributed by atoms with Gasteiger partial charge in [0.25, 0.3) is 5.91 Å². The van der Waals surface area contributed by atoms with Crippen LogP contribution < -0.4 is 16.0 Å². The molecule has 9 heteroatoms. The third-order valence-electron chi connectivity index (χ3n) is 3.40. The van der Waals surface area contributed by atoms with Crippen LogP contribution in [0.5, 0.6) is 0 Å². The molecule has 0 spiro atoms. The van der Waals surface area contributed by atoms with E-state index in [1.54, 1.807) is 0 Å². The van der Waals surface area contributed by atoms with Gasteiger partial charge in [0.1, 0.15) is 0 Å². The maximum Gasteiger partial charge on any atom is 0.416 e. The smallest absolute Gasteiger partial charge is 0.357 e. The molecule has 1 aliphatic carbocycles. The number of aliphatic imine (C=N–C) groups is 1. The van der Waals surface area contributed by atoms with Gasteiger partial charge >= 0.3 is 6.18 Å². The summed E-state index contributed by atoms with van der Waals surface area (Å²) in [6, 6.07) is 4.61. The van der Waals surface area contributed by atoms with Crippen molar-refractivity contribution >= 4 is 35.8 Å². The highest BCUT2D eigenvalue weighted by atomic mass is 127. The fourth-order valence-corrected chi connectivity index (χ4v) is 1.99. The van der Waals surface area contributed by atoms with Crippen molar-refractivity contribution in [2.75, 3.05) is 19.6 Å². The highest BCUT2D eigenvalue weighted by Crippen LogP contribution is 2.29. The third kappa shape index (κ3) is 7.49. The molecule has 2 rings (SSSR count). The number of nitrogens with zero attached hydrogens (tertiary/aromatic N) is 1. The predicted molar refractivity (Wildman–Crippen MR) is 101 cm³/mol. The summed E-state index contributed by atoms with van der Waals surface area (Å²) in [5, 5.41) is 9.01. The summed E-state index contributed by atoms with van der Waals surface area (Å²) in [5.74, 6) is 0.294. The van der Waals surface area contributed by atoms with Crippen molar-refractivity contribution in [2.24, 2.45) is 4.99 Å². The second-order valence-corrected chi connectivity index (χ2v) is 5.51. The second-order valence-electron chi connectivity index (χ2n) is 5.51. The lowest BCUT2D eigenvalue weighted by atomic mass is 10.1. The summed E-state index contributed by atoms with van der Waals surface area (Å²) < 4.78 is 37.4. The van der Waals surface area contributed by atoms with E-state index in [9.17, 15) is 18.0 Å². The number of hydrogen-bond donors (Lipinski definition) is 3. The van der Waals surface area contributed by atoms with Gasteiger partial charge in [-0.1, -0.05) is 0 Å². The van der Waals surface area contributed by atoms with Gasteiger partial charge < -0.3 is 16.0 Å². The summed E-state index contributed by atoms with van der Waals surface area (Å²) in [6.45, 7) is 3.41. The van der Waals surface area contributed by atoms with Crippen LogP contribution in [0, 0.1) is 0 Å². The zero-order valence-corrected chi connectivity index (χ0v) is 16.2. The number of guanidine groups is 1. The van der Waals surface area contributed by atoms with Gasteiger partial charge in [-0.2, -0.15) is 13.2 Å².